The van der Waals surface area contributed by atoms with Crippen molar-refractivity contribution in [3.8, 4) is 0 Å². The second-order valence-electron chi connectivity index (χ2n) is 6.53. The summed E-state index contributed by atoms with van der Waals surface area (Å²) in [5, 5.41) is 15.7. The van der Waals surface area contributed by atoms with Crippen molar-refractivity contribution in [2.24, 2.45) is 5.92 Å². The van der Waals surface area contributed by atoms with E-state index in [0.717, 1.165) is 37.3 Å². The van der Waals surface area contributed by atoms with Gasteiger partial charge in [0.2, 0.25) is 5.13 Å². The lowest BCUT2D eigenvalue weighted by atomic mass is 9.89. The molecule has 2 amide bonds. The largest absolute Gasteiger partial charge is 0.378 e. The van der Waals surface area contributed by atoms with Gasteiger partial charge in [0.05, 0.1) is 6.10 Å². The Kier molecular flexibility index (Phi) is 5.48. The van der Waals surface area contributed by atoms with Gasteiger partial charge in [0.25, 0.3) is 0 Å². The predicted molar refractivity (Wildman–Crippen MR) is 90.9 cm³/mol. The summed E-state index contributed by atoms with van der Waals surface area (Å²) in [4.78, 5) is 12.2. The minimum atomic E-state index is -0.182. The molecule has 0 radical (unpaired) electrons. The van der Waals surface area contributed by atoms with Crippen LogP contribution in [0.2, 0.25) is 0 Å². The lowest BCUT2D eigenvalue weighted by Crippen LogP contribution is -2.45. The molecule has 1 aromatic heterocycles. The van der Waals surface area contributed by atoms with Crippen LogP contribution in [0.15, 0.2) is 0 Å². The van der Waals surface area contributed by atoms with E-state index in [2.05, 4.69) is 34.7 Å². The van der Waals surface area contributed by atoms with E-state index >= 15 is 0 Å². The first-order valence-corrected chi connectivity index (χ1v) is 9.53. The van der Waals surface area contributed by atoms with Crippen LogP contribution in [-0.4, -0.2) is 35.0 Å². The minimum Gasteiger partial charge on any atom is -0.378 e. The number of nitrogens with zero attached hydrogens (tertiary/aromatic N) is 2. The maximum absolute atomic E-state index is 12.2. The van der Waals surface area contributed by atoms with Gasteiger partial charge in [-0.3, -0.25) is 5.32 Å². The smallest absolute Gasteiger partial charge is 0.321 e. The summed E-state index contributed by atoms with van der Waals surface area (Å²) in [6.45, 7) is 5.12. The van der Waals surface area contributed by atoms with Crippen molar-refractivity contribution in [3.05, 3.63) is 5.01 Å². The molecule has 23 heavy (non-hydrogen) atoms. The van der Waals surface area contributed by atoms with Crippen LogP contribution in [0.5, 0.6) is 0 Å². The highest BCUT2D eigenvalue weighted by Gasteiger charge is 2.29. The van der Waals surface area contributed by atoms with Crippen LogP contribution in [-0.2, 0) is 4.74 Å². The third-order valence-electron chi connectivity index (χ3n) is 4.81. The second-order valence-corrected chi connectivity index (χ2v) is 7.53. The highest BCUT2D eigenvalue weighted by molar-refractivity contribution is 7.15. The molecule has 7 heteroatoms. The molecule has 1 aliphatic heterocycles. The fourth-order valence-corrected chi connectivity index (χ4v) is 4.11. The third-order valence-corrected chi connectivity index (χ3v) is 5.81. The molecule has 1 aliphatic carbocycles. The molecule has 2 N–H and O–H groups in total. The quantitative estimate of drug-likeness (QED) is 0.832. The van der Waals surface area contributed by atoms with E-state index < -0.39 is 0 Å². The molecule has 2 atom stereocenters. The van der Waals surface area contributed by atoms with Crippen molar-refractivity contribution in [2.75, 3.05) is 11.9 Å². The molecule has 3 rings (SSSR count). The maximum atomic E-state index is 12.2. The minimum absolute atomic E-state index is 0.171. The van der Waals surface area contributed by atoms with E-state index in [1.807, 2.05) is 0 Å². The number of rotatable bonds is 6. The van der Waals surface area contributed by atoms with Crippen LogP contribution in [0.1, 0.15) is 63.3 Å². The topological polar surface area (TPSA) is 76.1 Å². The van der Waals surface area contributed by atoms with Gasteiger partial charge in [0.1, 0.15) is 5.01 Å². The second kappa shape index (κ2) is 7.57. The fraction of sp³-hybridized carbons (Fsp3) is 0.812. The number of hydrogen-bond donors (Lipinski definition) is 2. The molecule has 1 saturated heterocycles. The van der Waals surface area contributed by atoms with Gasteiger partial charge in [-0.1, -0.05) is 38.0 Å². The molecule has 1 saturated carbocycles. The van der Waals surface area contributed by atoms with E-state index in [4.69, 9.17) is 4.74 Å². The van der Waals surface area contributed by atoms with Gasteiger partial charge >= 0.3 is 6.03 Å². The molecule has 2 aliphatic rings. The Bertz CT molecular complexity index is 528. The number of nitrogens with one attached hydrogen (secondary N) is 2. The summed E-state index contributed by atoms with van der Waals surface area (Å²) < 4.78 is 5.90. The summed E-state index contributed by atoms with van der Waals surface area (Å²) in [6, 6.07) is -0.0103. The average molecular weight is 338 g/mol. The van der Waals surface area contributed by atoms with Crippen LogP contribution < -0.4 is 10.6 Å². The molecule has 2 heterocycles. The Hall–Kier alpha value is -1.21. The molecular weight excluding hydrogens is 312 g/mol. The van der Waals surface area contributed by atoms with Crippen molar-refractivity contribution in [1.82, 2.24) is 15.5 Å². The first kappa shape index (κ1) is 16.6. The molecule has 1 aromatic rings. The summed E-state index contributed by atoms with van der Waals surface area (Å²) in [5.41, 5.74) is 0. The number of aromatic nitrogens is 2. The lowest BCUT2D eigenvalue weighted by Gasteiger charge is -2.34. The van der Waals surface area contributed by atoms with Crippen molar-refractivity contribution < 1.29 is 9.53 Å². The fourth-order valence-electron chi connectivity index (χ4n) is 3.20. The Morgan fingerprint density at radius 3 is 2.78 bits per heavy atom. The van der Waals surface area contributed by atoms with Crippen LogP contribution in [0.25, 0.3) is 0 Å². The average Bonchev–Trinajstić information content (AvgIpc) is 3.29. The number of hydrogen-bond acceptors (Lipinski definition) is 5. The Morgan fingerprint density at radius 2 is 2.09 bits per heavy atom. The first-order chi connectivity index (χ1) is 11.2. The van der Waals surface area contributed by atoms with E-state index in [1.165, 1.54) is 24.2 Å². The SMILES string of the molecule is CCC(CC)[C@@H]1C[C@H](NC(=O)Nc2nnc(C3CC3)s2)CCO1. The molecule has 0 aromatic carbocycles. The van der Waals surface area contributed by atoms with Gasteiger partial charge in [0, 0.05) is 18.6 Å². The van der Waals surface area contributed by atoms with Crippen molar-refractivity contribution >= 4 is 22.5 Å². The molecule has 0 bridgehead atoms. The number of carbonyl (C=O) groups is 1. The molecule has 0 spiro atoms. The van der Waals surface area contributed by atoms with Gasteiger partial charge in [0.15, 0.2) is 0 Å². The van der Waals surface area contributed by atoms with E-state index in [1.54, 1.807) is 0 Å². The maximum Gasteiger partial charge on any atom is 0.321 e. The van der Waals surface area contributed by atoms with Crippen LogP contribution in [0.4, 0.5) is 9.93 Å². The zero-order chi connectivity index (χ0) is 16.2. The van der Waals surface area contributed by atoms with E-state index in [-0.39, 0.29) is 18.2 Å². The Morgan fingerprint density at radius 1 is 1.30 bits per heavy atom. The van der Waals surface area contributed by atoms with Crippen LogP contribution in [0.3, 0.4) is 0 Å². The lowest BCUT2D eigenvalue weighted by molar-refractivity contribution is -0.0329. The number of carbonyl (C=O) groups excluding carboxylic acids is 1. The number of urea groups is 1. The van der Waals surface area contributed by atoms with Gasteiger partial charge in [-0.05, 0) is 31.6 Å². The molecular formula is C16H26N4O2S. The highest BCUT2D eigenvalue weighted by atomic mass is 32.1. The zero-order valence-electron chi connectivity index (χ0n) is 13.9. The van der Waals surface area contributed by atoms with Crippen LogP contribution >= 0.6 is 11.3 Å². The van der Waals surface area contributed by atoms with Crippen molar-refractivity contribution in [3.63, 3.8) is 0 Å². The highest BCUT2D eigenvalue weighted by Crippen LogP contribution is 2.42. The van der Waals surface area contributed by atoms with E-state index in [0.29, 0.717) is 17.0 Å². The van der Waals surface area contributed by atoms with Gasteiger partial charge in [-0.25, -0.2) is 4.79 Å². The molecule has 128 valence electrons. The summed E-state index contributed by atoms with van der Waals surface area (Å²) >= 11 is 1.49. The summed E-state index contributed by atoms with van der Waals surface area (Å²) in [5.74, 6) is 1.15. The predicted octanol–water partition coefficient (Wildman–Crippen LogP) is 3.52. The Labute approximate surface area is 141 Å². The summed E-state index contributed by atoms with van der Waals surface area (Å²) in [7, 11) is 0. The van der Waals surface area contributed by atoms with Gasteiger partial charge in [-0.15, -0.1) is 10.2 Å². The molecule has 0 unspecified atom stereocenters. The van der Waals surface area contributed by atoms with Gasteiger partial charge in [-0.2, -0.15) is 0 Å². The van der Waals surface area contributed by atoms with Crippen LogP contribution in [0, 0.1) is 5.92 Å². The number of anilines is 1. The van der Waals surface area contributed by atoms with E-state index in [9.17, 15) is 4.79 Å². The van der Waals surface area contributed by atoms with Gasteiger partial charge < -0.3 is 10.1 Å². The zero-order valence-corrected chi connectivity index (χ0v) is 14.7. The summed E-state index contributed by atoms with van der Waals surface area (Å²) in [6.07, 6.45) is 6.65. The standard InChI is InChI=1S/C16H26N4O2S/c1-3-10(4-2)13-9-12(7-8-22-13)17-15(21)18-16-20-19-14(23-16)11-5-6-11/h10-13H,3-9H2,1-2H3,(H2,17,18,20,21)/t12-,13+/m1/s1. The van der Waals surface area contributed by atoms with Crippen molar-refractivity contribution in [2.45, 2.75) is 70.4 Å². The normalized spacial score (nSPS) is 24.7. The number of ether oxygens (including phenoxy) is 1. The monoisotopic (exact) mass is 338 g/mol. The first-order valence-electron chi connectivity index (χ1n) is 8.72. The van der Waals surface area contributed by atoms with Crippen molar-refractivity contribution in [1.29, 1.82) is 0 Å². The number of amides is 2. The third kappa shape index (κ3) is 4.41. The Balaban J connectivity index is 1.48. The molecule has 6 nitrogen and oxygen atoms in total. The molecule has 2 fully saturated rings.